The Morgan fingerprint density at radius 3 is 2.74 bits per heavy atom. The predicted molar refractivity (Wildman–Crippen MR) is 68.8 cm³/mol. The maximum absolute atomic E-state index is 12.6. The number of carboxylic acids is 1. The van der Waals surface area contributed by atoms with Crippen LogP contribution < -0.4 is 5.32 Å². The van der Waals surface area contributed by atoms with Crippen LogP contribution in [0.3, 0.4) is 0 Å². The molecule has 0 aromatic carbocycles. The van der Waals surface area contributed by atoms with Crippen LogP contribution >= 0.6 is 0 Å². The van der Waals surface area contributed by atoms with Gasteiger partial charge in [-0.3, -0.25) is 4.79 Å². The van der Waals surface area contributed by atoms with Crippen LogP contribution in [0.25, 0.3) is 0 Å². The number of carbonyl (C=O) groups is 2. The SMILES string of the molecule is O=C(O)C1CC2CCC1N2C(=O)N1CCCNCC1. The van der Waals surface area contributed by atoms with Crippen molar-refractivity contribution in [1.29, 1.82) is 0 Å². The molecule has 2 amide bonds. The molecule has 0 radical (unpaired) electrons. The van der Waals surface area contributed by atoms with Crippen molar-refractivity contribution in [2.45, 2.75) is 37.8 Å². The summed E-state index contributed by atoms with van der Waals surface area (Å²) in [5.74, 6) is -1.10. The van der Waals surface area contributed by atoms with E-state index >= 15 is 0 Å². The predicted octanol–water partition coefficient (Wildman–Crippen LogP) is 0.339. The molecule has 3 fully saturated rings. The van der Waals surface area contributed by atoms with Gasteiger partial charge in [-0.25, -0.2) is 4.79 Å². The van der Waals surface area contributed by atoms with E-state index in [1.807, 2.05) is 9.80 Å². The van der Waals surface area contributed by atoms with Crippen LogP contribution in [0.2, 0.25) is 0 Å². The highest BCUT2D eigenvalue weighted by molar-refractivity contribution is 5.79. The first-order valence-electron chi connectivity index (χ1n) is 7.19. The highest BCUT2D eigenvalue weighted by Crippen LogP contribution is 2.42. The van der Waals surface area contributed by atoms with Crippen LogP contribution in [0.1, 0.15) is 25.7 Å². The Bertz CT molecular complexity index is 379. The van der Waals surface area contributed by atoms with Crippen LogP contribution in [0.4, 0.5) is 4.79 Å². The van der Waals surface area contributed by atoms with Crippen molar-refractivity contribution in [2.75, 3.05) is 26.2 Å². The second kappa shape index (κ2) is 5.00. The van der Waals surface area contributed by atoms with Crippen LogP contribution in [0, 0.1) is 5.92 Å². The lowest BCUT2D eigenvalue weighted by Gasteiger charge is -2.30. The largest absolute Gasteiger partial charge is 0.481 e. The van der Waals surface area contributed by atoms with Gasteiger partial charge in [0.2, 0.25) is 0 Å². The monoisotopic (exact) mass is 267 g/mol. The fraction of sp³-hybridized carbons (Fsp3) is 0.846. The number of carbonyl (C=O) groups excluding carboxylic acids is 1. The summed E-state index contributed by atoms with van der Waals surface area (Å²) in [6.07, 6.45) is 3.42. The normalized spacial score (nSPS) is 34.4. The van der Waals surface area contributed by atoms with Crippen molar-refractivity contribution in [3.63, 3.8) is 0 Å². The van der Waals surface area contributed by atoms with E-state index in [-0.39, 0.29) is 24.0 Å². The molecule has 2 bridgehead atoms. The summed E-state index contributed by atoms with van der Waals surface area (Å²) in [5.41, 5.74) is 0. The Morgan fingerprint density at radius 2 is 2.00 bits per heavy atom. The molecule has 6 heteroatoms. The average Bonchev–Trinajstić information content (AvgIpc) is 2.84. The molecule has 3 aliphatic heterocycles. The number of aliphatic carboxylic acids is 1. The average molecular weight is 267 g/mol. The lowest BCUT2D eigenvalue weighted by Crippen LogP contribution is -2.47. The Morgan fingerprint density at radius 1 is 1.16 bits per heavy atom. The van der Waals surface area contributed by atoms with E-state index in [2.05, 4.69) is 5.32 Å². The molecular formula is C13H21N3O3. The van der Waals surface area contributed by atoms with Gasteiger partial charge in [-0.15, -0.1) is 0 Å². The first kappa shape index (κ1) is 12.7. The quantitative estimate of drug-likeness (QED) is 0.718. The molecule has 6 nitrogen and oxygen atoms in total. The summed E-state index contributed by atoms with van der Waals surface area (Å²) < 4.78 is 0. The van der Waals surface area contributed by atoms with Gasteiger partial charge < -0.3 is 20.2 Å². The van der Waals surface area contributed by atoms with Crippen molar-refractivity contribution >= 4 is 12.0 Å². The Hall–Kier alpha value is -1.30. The number of rotatable bonds is 1. The maximum atomic E-state index is 12.6. The zero-order valence-corrected chi connectivity index (χ0v) is 11.0. The molecule has 106 valence electrons. The molecular weight excluding hydrogens is 246 g/mol. The summed E-state index contributed by atoms with van der Waals surface area (Å²) in [4.78, 5) is 27.6. The lowest BCUT2D eigenvalue weighted by molar-refractivity contribution is -0.142. The summed E-state index contributed by atoms with van der Waals surface area (Å²) in [5, 5.41) is 12.5. The smallest absolute Gasteiger partial charge is 0.320 e. The first-order valence-corrected chi connectivity index (χ1v) is 7.19. The van der Waals surface area contributed by atoms with E-state index < -0.39 is 5.97 Å². The van der Waals surface area contributed by atoms with Gasteiger partial charge in [-0.2, -0.15) is 0 Å². The standard InChI is InChI=1S/C13H21N3O3/c17-12(18)10-8-9-2-3-11(10)16(9)13(19)15-6-1-4-14-5-7-15/h9-11,14H,1-8H2,(H,17,18). The molecule has 19 heavy (non-hydrogen) atoms. The van der Waals surface area contributed by atoms with Crippen LogP contribution in [-0.4, -0.2) is 65.2 Å². The van der Waals surface area contributed by atoms with E-state index in [0.717, 1.165) is 45.4 Å². The van der Waals surface area contributed by atoms with Crippen LogP contribution in [0.5, 0.6) is 0 Å². The van der Waals surface area contributed by atoms with Gasteiger partial charge in [0.05, 0.1) is 5.92 Å². The summed E-state index contributed by atoms with van der Waals surface area (Å²) in [6, 6.07) is 0.126. The molecule has 2 N–H and O–H groups in total. The molecule has 3 saturated heterocycles. The third kappa shape index (κ3) is 2.18. The number of hydrogen-bond acceptors (Lipinski definition) is 3. The highest BCUT2D eigenvalue weighted by Gasteiger charge is 2.52. The van der Waals surface area contributed by atoms with Crippen LogP contribution in [0.15, 0.2) is 0 Å². The molecule has 3 aliphatic rings. The first-order chi connectivity index (χ1) is 9.18. The zero-order chi connectivity index (χ0) is 13.4. The number of nitrogens with one attached hydrogen (secondary N) is 1. The van der Waals surface area contributed by atoms with Crippen molar-refractivity contribution < 1.29 is 14.7 Å². The fourth-order valence-electron chi connectivity index (χ4n) is 3.75. The van der Waals surface area contributed by atoms with Crippen LogP contribution in [-0.2, 0) is 4.79 Å². The van der Waals surface area contributed by atoms with Gasteiger partial charge in [0, 0.05) is 31.7 Å². The van der Waals surface area contributed by atoms with Gasteiger partial charge in [0.15, 0.2) is 0 Å². The minimum atomic E-state index is -0.748. The summed E-state index contributed by atoms with van der Waals surface area (Å²) in [6.45, 7) is 3.29. The minimum absolute atomic E-state index is 0.0555. The van der Waals surface area contributed by atoms with Gasteiger partial charge in [0.1, 0.15) is 0 Å². The zero-order valence-electron chi connectivity index (χ0n) is 11.0. The highest BCUT2D eigenvalue weighted by atomic mass is 16.4. The number of nitrogens with zero attached hydrogens (tertiary/aromatic N) is 2. The lowest BCUT2D eigenvalue weighted by atomic mass is 9.89. The molecule has 0 saturated carbocycles. The van der Waals surface area contributed by atoms with Crippen molar-refractivity contribution in [3.8, 4) is 0 Å². The molecule has 3 unspecified atom stereocenters. The van der Waals surface area contributed by atoms with Gasteiger partial charge in [0.25, 0.3) is 0 Å². The topological polar surface area (TPSA) is 72.9 Å². The Labute approximate surface area is 112 Å². The molecule has 3 atom stereocenters. The molecule has 3 rings (SSSR count). The maximum Gasteiger partial charge on any atom is 0.320 e. The molecule has 0 aliphatic carbocycles. The van der Waals surface area contributed by atoms with Gasteiger partial charge in [-0.05, 0) is 32.2 Å². The molecule has 0 aromatic rings. The minimum Gasteiger partial charge on any atom is -0.481 e. The van der Waals surface area contributed by atoms with E-state index in [1.54, 1.807) is 0 Å². The third-order valence-corrected chi connectivity index (χ3v) is 4.69. The second-order valence-corrected chi connectivity index (χ2v) is 5.76. The Balaban J connectivity index is 1.71. The number of hydrogen-bond donors (Lipinski definition) is 2. The second-order valence-electron chi connectivity index (χ2n) is 5.76. The van der Waals surface area contributed by atoms with Crippen molar-refractivity contribution in [3.05, 3.63) is 0 Å². The van der Waals surface area contributed by atoms with Crippen molar-refractivity contribution in [2.24, 2.45) is 5.92 Å². The number of amides is 2. The Kier molecular flexibility index (Phi) is 3.35. The van der Waals surface area contributed by atoms with E-state index in [9.17, 15) is 14.7 Å². The van der Waals surface area contributed by atoms with Crippen molar-refractivity contribution in [1.82, 2.24) is 15.1 Å². The fourth-order valence-corrected chi connectivity index (χ4v) is 3.75. The molecule has 0 aromatic heterocycles. The number of urea groups is 1. The molecule has 3 heterocycles. The number of carboxylic acid groups (broad SMARTS) is 1. The summed E-state index contributed by atoms with van der Waals surface area (Å²) >= 11 is 0. The van der Waals surface area contributed by atoms with Gasteiger partial charge in [-0.1, -0.05) is 0 Å². The molecule has 0 spiro atoms. The van der Waals surface area contributed by atoms with E-state index in [0.29, 0.717) is 6.42 Å². The van der Waals surface area contributed by atoms with E-state index in [1.165, 1.54) is 0 Å². The van der Waals surface area contributed by atoms with E-state index in [4.69, 9.17) is 0 Å². The summed E-state index contributed by atoms with van der Waals surface area (Å²) in [7, 11) is 0. The van der Waals surface area contributed by atoms with Gasteiger partial charge >= 0.3 is 12.0 Å². The third-order valence-electron chi connectivity index (χ3n) is 4.69. The number of fused-ring (bicyclic) bond motifs is 2.